The lowest BCUT2D eigenvalue weighted by atomic mass is 9.99. The number of aryl methyl sites for hydroxylation is 1. The van der Waals surface area contributed by atoms with Gasteiger partial charge in [0, 0.05) is 9.75 Å². The van der Waals surface area contributed by atoms with Crippen molar-refractivity contribution < 1.29 is 9.47 Å². The topological polar surface area (TPSA) is 18.5 Å². The summed E-state index contributed by atoms with van der Waals surface area (Å²) in [6, 6.07) is 37.8. The Kier molecular flexibility index (Phi) is 14.9. The third-order valence-corrected chi connectivity index (χ3v) is 10.6. The first-order valence-corrected chi connectivity index (χ1v) is 19.8. The minimum atomic E-state index is 0.796. The van der Waals surface area contributed by atoms with Gasteiger partial charge in [-0.2, -0.15) is 0 Å². The van der Waals surface area contributed by atoms with Crippen LogP contribution < -0.4 is 9.47 Å². The number of unbranched alkanes of at least 4 members (excludes halogenated alkanes) is 9. The van der Waals surface area contributed by atoms with E-state index >= 15 is 0 Å². The van der Waals surface area contributed by atoms with Gasteiger partial charge in [-0.15, -0.1) is 11.3 Å². The van der Waals surface area contributed by atoms with Gasteiger partial charge in [0.1, 0.15) is 11.5 Å². The molecule has 1 heterocycles. The maximum absolute atomic E-state index is 5.97. The zero-order valence-corrected chi connectivity index (χ0v) is 31.0. The Bertz CT molecular complexity index is 1630. The second kappa shape index (κ2) is 20.0. The smallest absolute Gasteiger partial charge is 0.119 e. The molecule has 0 atom stereocenters. The Balaban J connectivity index is 1.26. The normalized spacial score (nSPS) is 11.2. The Morgan fingerprint density at radius 1 is 0.408 bits per heavy atom. The van der Waals surface area contributed by atoms with Gasteiger partial charge in [-0.1, -0.05) is 151 Å². The molecule has 0 bridgehead atoms. The van der Waals surface area contributed by atoms with Gasteiger partial charge in [0.25, 0.3) is 0 Å². The molecule has 0 saturated carbocycles. The van der Waals surface area contributed by atoms with Crippen LogP contribution in [0.2, 0.25) is 0 Å². The SMILES string of the molecule is CCCCCCOc1ccc(-c2ccc(-c3cc(CCCCCC)c(-c4ccc(-c5ccc(OCCCCCC)cc5)cc4)s3)cc2)cc1. The van der Waals surface area contributed by atoms with E-state index in [2.05, 4.69) is 124 Å². The van der Waals surface area contributed by atoms with Crippen LogP contribution in [0.15, 0.2) is 103 Å². The van der Waals surface area contributed by atoms with Crippen molar-refractivity contribution in [3.05, 3.63) is 109 Å². The predicted octanol–water partition coefficient (Wildman–Crippen LogP) is 14.5. The molecular formula is C46H56O2S. The lowest BCUT2D eigenvalue weighted by Gasteiger charge is -2.09. The predicted molar refractivity (Wildman–Crippen MR) is 213 cm³/mol. The van der Waals surface area contributed by atoms with Gasteiger partial charge in [-0.05, 0) is 95.0 Å². The van der Waals surface area contributed by atoms with Crippen LogP contribution in [-0.4, -0.2) is 13.2 Å². The first kappa shape index (κ1) is 36.5. The lowest BCUT2D eigenvalue weighted by molar-refractivity contribution is 0.305. The molecule has 0 saturated heterocycles. The molecule has 0 spiro atoms. The van der Waals surface area contributed by atoms with Gasteiger partial charge in [0.15, 0.2) is 0 Å². The van der Waals surface area contributed by atoms with Crippen LogP contribution in [0.5, 0.6) is 11.5 Å². The molecule has 0 aliphatic heterocycles. The number of benzene rings is 4. The van der Waals surface area contributed by atoms with E-state index in [9.17, 15) is 0 Å². The summed E-state index contributed by atoms with van der Waals surface area (Å²) in [6.07, 6.45) is 16.0. The van der Waals surface area contributed by atoms with Crippen molar-refractivity contribution in [2.45, 2.75) is 104 Å². The molecule has 4 aromatic carbocycles. The number of thiophene rings is 1. The van der Waals surface area contributed by atoms with Crippen molar-refractivity contribution in [2.24, 2.45) is 0 Å². The molecule has 0 unspecified atom stereocenters. The molecule has 49 heavy (non-hydrogen) atoms. The van der Waals surface area contributed by atoms with Crippen molar-refractivity contribution in [2.75, 3.05) is 13.2 Å². The van der Waals surface area contributed by atoms with Gasteiger partial charge in [0.2, 0.25) is 0 Å². The molecule has 0 amide bonds. The van der Waals surface area contributed by atoms with Crippen LogP contribution in [0.25, 0.3) is 43.1 Å². The van der Waals surface area contributed by atoms with Crippen molar-refractivity contribution in [3.63, 3.8) is 0 Å². The average Bonchev–Trinajstić information content (AvgIpc) is 3.58. The van der Waals surface area contributed by atoms with E-state index in [1.807, 2.05) is 11.3 Å². The van der Waals surface area contributed by atoms with E-state index < -0.39 is 0 Å². The largest absolute Gasteiger partial charge is 0.494 e. The quantitative estimate of drug-likeness (QED) is 0.0722. The number of rotatable bonds is 21. The highest BCUT2D eigenvalue weighted by atomic mass is 32.1. The first-order valence-electron chi connectivity index (χ1n) is 19.0. The summed E-state index contributed by atoms with van der Waals surface area (Å²) in [5, 5.41) is 0. The fraction of sp³-hybridized carbons (Fsp3) is 0.391. The highest BCUT2D eigenvalue weighted by Gasteiger charge is 2.14. The monoisotopic (exact) mass is 672 g/mol. The van der Waals surface area contributed by atoms with Crippen molar-refractivity contribution >= 4 is 11.3 Å². The third kappa shape index (κ3) is 11.1. The second-order valence-corrected chi connectivity index (χ2v) is 14.3. The Labute approximate surface area is 300 Å². The van der Waals surface area contributed by atoms with E-state index in [0.717, 1.165) is 44.0 Å². The molecule has 0 aliphatic carbocycles. The van der Waals surface area contributed by atoms with Crippen molar-refractivity contribution in [1.29, 1.82) is 0 Å². The number of ether oxygens (including phenoxy) is 2. The summed E-state index contributed by atoms with van der Waals surface area (Å²) < 4.78 is 11.9. The second-order valence-electron chi connectivity index (χ2n) is 13.3. The van der Waals surface area contributed by atoms with E-state index in [0.29, 0.717) is 0 Å². The van der Waals surface area contributed by atoms with Crippen LogP contribution in [0.4, 0.5) is 0 Å². The molecule has 3 heteroatoms. The third-order valence-electron chi connectivity index (χ3n) is 9.33. The van der Waals surface area contributed by atoms with E-state index in [1.54, 1.807) is 0 Å². The van der Waals surface area contributed by atoms with E-state index in [-0.39, 0.29) is 0 Å². The van der Waals surface area contributed by atoms with Gasteiger partial charge < -0.3 is 9.47 Å². The van der Waals surface area contributed by atoms with Crippen LogP contribution in [0, 0.1) is 0 Å². The minimum absolute atomic E-state index is 0.796. The molecule has 0 fully saturated rings. The van der Waals surface area contributed by atoms with Crippen LogP contribution in [0.3, 0.4) is 0 Å². The minimum Gasteiger partial charge on any atom is -0.494 e. The van der Waals surface area contributed by atoms with Crippen molar-refractivity contribution in [3.8, 4) is 54.6 Å². The highest BCUT2D eigenvalue weighted by Crippen LogP contribution is 2.40. The number of hydrogen-bond acceptors (Lipinski definition) is 3. The maximum atomic E-state index is 5.97. The zero-order valence-electron chi connectivity index (χ0n) is 30.1. The van der Waals surface area contributed by atoms with Gasteiger partial charge in [-0.3, -0.25) is 0 Å². The van der Waals surface area contributed by atoms with Crippen LogP contribution in [0.1, 0.15) is 103 Å². The summed E-state index contributed by atoms with van der Waals surface area (Å²) in [7, 11) is 0. The molecule has 258 valence electrons. The van der Waals surface area contributed by atoms with Gasteiger partial charge >= 0.3 is 0 Å². The average molecular weight is 673 g/mol. The van der Waals surface area contributed by atoms with Gasteiger partial charge in [0.05, 0.1) is 13.2 Å². The van der Waals surface area contributed by atoms with Crippen molar-refractivity contribution in [1.82, 2.24) is 0 Å². The zero-order chi connectivity index (χ0) is 34.1. The molecule has 5 rings (SSSR count). The van der Waals surface area contributed by atoms with E-state index in [1.165, 1.54) is 113 Å². The fourth-order valence-corrected chi connectivity index (χ4v) is 7.53. The molecule has 0 aliphatic rings. The Morgan fingerprint density at radius 3 is 1.24 bits per heavy atom. The first-order chi connectivity index (χ1) is 24.2. The number of hydrogen-bond donors (Lipinski definition) is 0. The van der Waals surface area contributed by atoms with Crippen LogP contribution >= 0.6 is 11.3 Å². The molecule has 0 N–H and O–H groups in total. The lowest BCUT2D eigenvalue weighted by Crippen LogP contribution is -1.96. The molecule has 1 aromatic heterocycles. The summed E-state index contributed by atoms with van der Waals surface area (Å²) in [6.45, 7) is 8.36. The fourth-order valence-electron chi connectivity index (χ4n) is 6.31. The summed E-state index contributed by atoms with van der Waals surface area (Å²) >= 11 is 1.93. The highest BCUT2D eigenvalue weighted by molar-refractivity contribution is 7.19. The summed E-state index contributed by atoms with van der Waals surface area (Å²) in [5.74, 6) is 1.92. The Morgan fingerprint density at radius 2 is 0.796 bits per heavy atom. The van der Waals surface area contributed by atoms with Crippen LogP contribution in [-0.2, 0) is 6.42 Å². The summed E-state index contributed by atoms with van der Waals surface area (Å²) in [5.41, 5.74) is 8.98. The standard InChI is InChI=1S/C46H56O2S/c1-4-7-10-13-16-42-35-45(40-21-17-36(18-22-40)38-25-29-43(30-26-38)47-33-14-11-8-5-2)49-46(42)41-23-19-37(20-24-41)39-27-31-44(32-28-39)48-34-15-12-9-6-3/h17-32,35H,4-16,33-34H2,1-3H3. The Hall–Kier alpha value is -3.82. The molecule has 2 nitrogen and oxygen atoms in total. The molecule has 0 radical (unpaired) electrons. The van der Waals surface area contributed by atoms with E-state index in [4.69, 9.17) is 9.47 Å². The molecular weight excluding hydrogens is 617 g/mol. The summed E-state index contributed by atoms with van der Waals surface area (Å²) in [4.78, 5) is 2.74. The molecule has 5 aromatic rings. The maximum Gasteiger partial charge on any atom is 0.119 e. The van der Waals surface area contributed by atoms with Gasteiger partial charge in [-0.25, -0.2) is 0 Å².